The van der Waals surface area contributed by atoms with E-state index in [9.17, 15) is 9.59 Å². The lowest BCUT2D eigenvalue weighted by atomic mass is 10.1. The molecule has 0 aliphatic carbocycles. The summed E-state index contributed by atoms with van der Waals surface area (Å²) in [5.41, 5.74) is 2.53. The van der Waals surface area contributed by atoms with Crippen LogP contribution in [0.5, 0.6) is 11.5 Å². The number of amides is 2. The van der Waals surface area contributed by atoms with Crippen molar-refractivity contribution in [2.24, 2.45) is 0 Å². The second-order valence-electron chi connectivity index (χ2n) is 7.29. The van der Waals surface area contributed by atoms with Gasteiger partial charge in [-0.25, -0.2) is 0 Å². The van der Waals surface area contributed by atoms with Crippen LogP contribution in [0.25, 0.3) is 0 Å². The minimum Gasteiger partial charge on any atom is -0.490 e. The van der Waals surface area contributed by atoms with Crippen LogP contribution >= 0.6 is 12.2 Å². The first-order chi connectivity index (χ1) is 16.5. The number of nitrogens with one attached hydrogen (secondary N) is 3. The highest BCUT2D eigenvalue weighted by atomic mass is 32.1. The van der Waals surface area contributed by atoms with Crippen molar-refractivity contribution in [1.29, 1.82) is 0 Å². The summed E-state index contributed by atoms with van der Waals surface area (Å²) in [4.78, 5) is 24.6. The third-order valence-corrected chi connectivity index (χ3v) is 5.09. The lowest BCUT2D eigenvalue weighted by molar-refractivity contribution is -0.115. The average Bonchev–Trinajstić information content (AvgIpc) is 2.85. The summed E-state index contributed by atoms with van der Waals surface area (Å²) in [6.45, 7) is 4.26. The van der Waals surface area contributed by atoms with Gasteiger partial charge in [0.15, 0.2) is 5.11 Å². The highest BCUT2D eigenvalue weighted by Crippen LogP contribution is 2.24. The van der Waals surface area contributed by atoms with E-state index in [0.717, 1.165) is 11.3 Å². The molecule has 0 saturated heterocycles. The van der Waals surface area contributed by atoms with E-state index in [-0.39, 0.29) is 17.6 Å². The number of carbonyl (C=O) groups is 2. The van der Waals surface area contributed by atoms with Crippen molar-refractivity contribution in [3.8, 4) is 11.5 Å². The molecule has 0 spiro atoms. The third-order valence-electron chi connectivity index (χ3n) is 4.89. The van der Waals surface area contributed by atoms with Gasteiger partial charge in [0, 0.05) is 17.8 Å². The second-order valence-corrected chi connectivity index (χ2v) is 7.70. The number of carbonyl (C=O) groups excluding carboxylic acids is 2. The largest absolute Gasteiger partial charge is 0.490 e. The molecule has 3 aromatic rings. The Balaban J connectivity index is 1.58. The van der Waals surface area contributed by atoms with Crippen LogP contribution in [0.4, 0.5) is 11.4 Å². The summed E-state index contributed by atoms with van der Waals surface area (Å²) in [6.07, 6.45) is 0.380. The molecule has 34 heavy (non-hydrogen) atoms. The molecule has 0 bridgehead atoms. The maximum absolute atomic E-state index is 12.8. The van der Waals surface area contributed by atoms with Crippen molar-refractivity contribution in [2.45, 2.75) is 20.3 Å². The van der Waals surface area contributed by atoms with Crippen molar-refractivity contribution in [3.63, 3.8) is 0 Å². The van der Waals surface area contributed by atoms with E-state index < -0.39 is 5.91 Å². The van der Waals surface area contributed by atoms with E-state index in [1.165, 1.54) is 0 Å². The topological polar surface area (TPSA) is 88.7 Å². The van der Waals surface area contributed by atoms with E-state index in [4.69, 9.17) is 21.7 Å². The molecule has 2 amide bonds. The van der Waals surface area contributed by atoms with Crippen molar-refractivity contribution < 1.29 is 19.1 Å². The normalized spacial score (nSPS) is 10.2. The summed E-state index contributed by atoms with van der Waals surface area (Å²) >= 11 is 5.34. The zero-order chi connectivity index (χ0) is 24.3. The molecule has 0 radical (unpaired) electrons. The number of rotatable bonds is 9. The van der Waals surface area contributed by atoms with Gasteiger partial charge in [0.1, 0.15) is 24.7 Å². The van der Waals surface area contributed by atoms with Crippen LogP contribution in [0.1, 0.15) is 29.3 Å². The molecule has 0 saturated carbocycles. The number of hydrogen-bond acceptors (Lipinski definition) is 5. The van der Waals surface area contributed by atoms with E-state index in [1.54, 1.807) is 37.3 Å². The molecule has 0 aromatic heterocycles. The summed E-state index contributed by atoms with van der Waals surface area (Å²) in [5, 5.41) is 8.68. The second kappa shape index (κ2) is 12.4. The van der Waals surface area contributed by atoms with Crippen LogP contribution in [0.3, 0.4) is 0 Å². The Morgan fingerprint density at radius 3 is 2.21 bits per heavy atom. The maximum atomic E-state index is 12.8. The van der Waals surface area contributed by atoms with Gasteiger partial charge in [-0.05, 0) is 61.1 Å². The van der Waals surface area contributed by atoms with Crippen LogP contribution in [0.15, 0.2) is 72.8 Å². The number of hydrogen-bond donors (Lipinski definition) is 3. The third kappa shape index (κ3) is 7.05. The molecule has 3 rings (SSSR count). The standard InChI is InChI=1S/C26H27N3O4S/c1-3-24(30)27-21-13-9-14-22(18(21)2)28-26(34)29-25(31)20-12-7-8-15-23(20)33-17-16-32-19-10-5-4-6-11-19/h4-15H,3,16-17H2,1-2H3,(H,27,30)(H2,28,29,31,34). The average molecular weight is 478 g/mol. The number of benzene rings is 3. The van der Waals surface area contributed by atoms with Crippen LogP contribution < -0.4 is 25.4 Å². The van der Waals surface area contributed by atoms with Gasteiger partial charge in [0.25, 0.3) is 5.91 Å². The molecule has 0 fully saturated rings. The van der Waals surface area contributed by atoms with E-state index in [0.29, 0.717) is 35.7 Å². The van der Waals surface area contributed by atoms with Crippen LogP contribution in [0.2, 0.25) is 0 Å². The SMILES string of the molecule is CCC(=O)Nc1cccc(NC(=S)NC(=O)c2ccccc2OCCOc2ccccc2)c1C. The molecule has 0 unspecified atom stereocenters. The fourth-order valence-electron chi connectivity index (χ4n) is 3.08. The molecule has 8 heteroatoms. The Morgan fingerprint density at radius 1 is 0.824 bits per heavy atom. The number of ether oxygens (including phenoxy) is 2. The highest BCUT2D eigenvalue weighted by molar-refractivity contribution is 7.80. The Labute approximate surface area is 204 Å². The Kier molecular flexibility index (Phi) is 8.99. The number of para-hydroxylation sites is 2. The minimum atomic E-state index is -0.398. The fourth-order valence-corrected chi connectivity index (χ4v) is 3.28. The van der Waals surface area contributed by atoms with Gasteiger partial charge < -0.3 is 20.1 Å². The fraction of sp³-hybridized carbons (Fsp3) is 0.192. The molecule has 0 aliphatic heterocycles. The van der Waals surface area contributed by atoms with Gasteiger partial charge in [-0.1, -0.05) is 43.3 Å². The van der Waals surface area contributed by atoms with Gasteiger partial charge in [-0.15, -0.1) is 0 Å². The molecular formula is C26H27N3O4S. The van der Waals surface area contributed by atoms with Crippen molar-refractivity contribution in [2.75, 3.05) is 23.8 Å². The first-order valence-electron chi connectivity index (χ1n) is 10.9. The Bertz CT molecular complexity index is 1150. The molecular weight excluding hydrogens is 450 g/mol. The Hall–Kier alpha value is -3.91. The lowest BCUT2D eigenvalue weighted by Crippen LogP contribution is -2.34. The molecule has 176 valence electrons. The molecule has 7 nitrogen and oxygen atoms in total. The van der Waals surface area contributed by atoms with Crippen LogP contribution in [-0.4, -0.2) is 30.1 Å². The molecule has 0 aliphatic rings. The summed E-state index contributed by atoms with van der Waals surface area (Å²) in [6, 6.07) is 21.8. The van der Waals surface area contributed by atoms with Gasteiger partial charge in [0.05, 0.1) is 5.56 Å². The predicted molar refractivity (Wildman–Crippen MR) is 138 cm³/mol. The molecule has 0 atom stereocenters. The highest BCUT2D eigenvalue weighted by Gasteiger charge is 2.15. The zero-order valence-corrected chi connectivity index (χ0v) is 19.9. The Morgan fingerprint density at radius 2 is 1.47 bits per heavy atom. The summed E-state index contributed by atoms with van der Waals surface area (Å²) in [5.74, 6) is 0.703. The van der Waals surface area contributed by atoms with Crippen molar-refractivity contribution >= 4 is 40.5 Å². The number of anilines is 2. The zero-order valence-electron chi connectivity index (χ0n) is 19.1. The van der Waals surface area contributed by atoms with Gasteiger partial charge in [-0.3, -0.25) is 14.9 Å². The summed E-state index contributed by atoms with van der Waals surface area (Å²) in [7, 11) is 0. The lowest BCUT2D eigenvalue weighted by Gasteiger charge is -2.16. The number of thiocarbonyl (C=S) groups is 1. The van der Waals surface area contributed by atoms with Crippen molar-refractivity contribution in [1.82, 2.24) is 5.32 Å². The van der Waals surface area contributed by atoms with Crippen LogP contribution in [0, 0.1) is 6.92 Å². The quantitative estimate of drug-likeness (QED) is 0.299. The molecule has 0 heterocycles. The van der Waals surface area contributed by atoms with E-state index >= 15 is 0 Å². The first-order valence-corrected chi connectivity index (χ1v) is 11.3. The minimum absolute atomic E-state index is 0.0816. The van der Waals surface area contributed by atoms with Gasteiger partial charge >= 0.3 is 0 Å². The molecule has 3 aromatic carbocycles. The van der Waals surface area contributed by atoms with Crippen molar-refractivity contribution in [3.05, 3.63) is 83.9 Å². The van der Waals surface area contributed by atoms with E-state index in [2.05, 4.69) is 16.0 Å². The smallest absolute Gasteiger partial charge is 0.261 e. The first kappa shape index (κ1) is 24.7. The van der Waals surface area contributed by atoms with Crippen LogP contribution in [-0.2, 0) is 4.79 Å². The monoisotopic (exact) mass is 477 g/mol. The predicted octanol–water partition coefficient (Wildman–Crippen LogP) is 4.93. The summed E-state index contributed by atoms with van der Waals surface area (Å²) < 4.78 is 11.4. The van der Waals surface area contributed by atoms with E-state index in [1.807, 2.05) is 49.4 Å². The van der Waals surface area contributed by atoms with Gasteiger partial charge in [0.2, 0.25) is 5.91 Å². The van der Waals surface area contributed by atoms with Gasteiger partial charge in [-0.2, -0.15) is 0 Å². The maximum Gasteiger partial charge on any atom is 0.261 e. The molecule has 3 N–H and O–H groups in total.